The van der Waals surface area contributed by atoms with Crippen LogP contribution in [0.4, 0.5) is 0 Å². The Morgan fingerprint density at radius 2 is 1.04 bits per heavy atom. The molecule has 1 rings (SSSR count). The van der Waals surface area contributed by atoms with E-state index in [0.717, 1.165) is 6.42 Å². The molecule has 133 valence electrons. The first-order chi connectivity index (χ1) is 10.1. The van der Waals surface area contributed by atoms with Crippen molar-refractivity contribution in [2.75, 3.05) is 17.3 Å². The van der Waals surface area contributed by atoms with Crippen LogP contribution in [0.1, 0.15) is 19.3 Å². The van der Waals surface area contributed by atoms with E-state index >= 15 is 0 Å². The standard InChI is InChI=1S/C7H12NS.4CNS.Cr.2H3N/c8-4-3-7-9-5-1-2-6-9;4*2-1-3;;;/h1-3,5-7H2;;;;;;2*1H3/q+1;4*-1;+3;;. The maximum atomic E-state index is 8.28. The fourth-order valence-corrected chi connectivity index (χ4v) is 3.33. The fraction of sp³-hybridized carbons (Fsp3) is 0.545. The summed E-state index contributed by atoms with van der Waals surface area (Å²) in [6, 6.07) is 2.20. The minimum atomic E-state index is 0. The molecule has 1 aliphatic heterocycles. The Labute approximate surface area is 178 Å². The van der Waals surface area contributed by atoms with Gasteiger partial charge in [0.25, 0.3) is 0 Å². The first-order valence-electron chi connectivity index (χ1n) is 5.15. The van der Waals surface area contributed by atoms with Crippen LogP contribution < -0.4 is 12.3 Å². The van der Waals surface area contributed by atoms with Gasteiger partial charge in [-0.3, -0.25) is 0 Å². The van der Waals surface area contributed by atoms with E-state index in [9.17, 15) is 0 Å². The second kappa shape index (κ2) is 57.1. The zero-order valence-electron chi connectivity index (χ0n) is 12.8. The monoisotopic (exact) mass is 460 g/mol. The maximum absolute atomic E-state index is 8.28. The molecule has 13 heteroatoms. The van der Waals surface area contributed by atoms with Gasteiger partial charge in [0.2, 0.25) is 0 Å². The van der Waals surface area contributed by atoms with Crippen LogP contribution in [-0.2, 0) is 28.3 Å². The minimum Gasteiger partial charge on any atom is -0.753 e. The van der Waals surface area contributed by atoms with Gasteiger partial charge in [-0.15, -0.1) is 0 Å². The molecule has 0 saturated carbocycles. The number of rotatable bonds is 2. The zero-order valence-corrected chi connectivity index (χ0v) is 18.2. The predicted molar refractivity (Wildman–Crippen MR) is 115 cm³/mol. The molecule has 24 heavy (non-hydrogen) atoms. The Bertz CT molecular complexity index is 349. The molecular weight excluding hydrogens is 443 g/mol. The molecule has 0 aliphatic carbocycles. The van der Waals surface area contributed by atoms with E-state index in [-0.39, 0.29) is 29.7 Å². The molecule has 7 nitrogen and oxygen atoms in total. The first kappa shape index (κ1) is 43.7. The molecule has 1 heterocycles. The number of thiocarbonyl (C=S) groups is 4. The van der Waals surface area contributed by atoms with Gasteiger partial charge in [0, 0.05) is 0 Å². The SMILES string of the molecule is N.N.N#CCC[S+]1CCCC1.[Cr+3].[N-]=C=S.[N-]=C=S.[N-]=C=S.[N-]=C=S. The van der Waals surface area contributed by atoms with E-state index in [2.05, 4.69) is 54.9 Å². The van der Waals surface area contributed by atoms with Crippen molar-refractivity contribution < 1.29 is 17.4 Å². The van der Waals surface area contributed by atoms with Crippen molar-refractivity contribution in [3.63, 3.8) is 0 Å². The Morgan fingerprint density at radius 1 is 0.792 bits per heavy atom. The van der Waals surface area contributed by atoms with Gasteiger partial charge in [0.1, 0.15) is 17.3 Å². The number of nitrogens with zero attached hydrogens (tertiary/aromatic N) is 5. The predicted octanol–water partition coefficient (Wildman–Crippen LogP) is 4.27. The molecule has 0 aromatic carbocycles. The van der Waals surface area contributed by atoms with Gasteiger partial charge < -0.3 is 33.9 Å². The molecule has 1 fully saturated rings. The van der Waals surface area contributed by atoms with E-state index in [0.29, 0.717) is 10.9 Å². The molecule has 0 spiro atoms. The van der Waals surface area contributed by atoms with Crippen LogP contribution in [-0.4, -0.2) is 37.9 Å². The van der Waals surface area contributed by atoms with Crippen molar-refractivity contribution in [2.24, 2.45) is 0 Å². The quantitative estimate of drug-likeness (QED) is 0.350. The molecule has 1 radical (unpaired) electrons. The van der Waals surface area contributed by atoms with Crippen LogP contribution in [0.2, 0.25) is 0 Å². The largest absolute Gasteiger partial charge is 3.00 e. The van der Waals surface area contributed by atoms with Crippen LogP contribution in [0.25, 0.3) is 21.6 Å². The average Bonchev–Trinajstić information content (AvgIpc) is 2.93. The third-order valence-electron chi connectivity index (χ3n) is 1.62. The smallest absolute Gasteiger partial charge is 0.753 e. The summed E-state index contributed by atoms with van der Waals surface area (Å²) < 4.78 is 0. The van der Waals surface area contributed by atoms with Gasteiger partial charge in [-0.25, -0.2) is 0 Å². The van der Waals surface area contributed by atoms with Crippen LogP contribution in [0.5, 0.6) is 0 Å². The van der Waals surface area contributed by atoms with Gasteiger partial charge in [-0.05, 0) is 23.7 Å². The summed E-state index contributed by atoms with van der Waals surface area (Å²) in [5, 5.41) is 42.2. The summed E-state index contributed by atoms with van der Waals surface area (Å²) in [5.41, 5.74) is 0. The van der Waals surface area contributed by atoms with E-state index in [4.69, 9.17) is 26.9 Å². The zero-order chi connectivity index (χ0) is 17.4. The molecule has 1 aliphatic rings. The Balaban J connectivity index is -0.0000000334. The van der Waals surface area contributed by atoms with Gasteiger partial charge >= 0.3 is 17.4 Å². The average molecular weight is 461 g/mol. The molecule has 6 N–H and O–H groups in total. The summed E-state index contributed by atoms with van der Waals surface area (Å²) in [6.07, 6.45) is 3.60. The summed E-state index contributed by atoms with van der Waals surface area (Å²) in [7, 11) is 0.650. The Morgan fingerprint density at radius 3 is 1.25 bits per heavy atom. The van der Waals surface area contributed by atoms with E-state index in [1.807, 2.05) is 0 Å². The van der Waals surface area contributed by atoms with E-state index in [1.165, 1.54) is 50.7 Å². The van der Waals surface area contributed by atoms with Gasteiger partial charge in [0.15, 0.2) is 0 Å². The molecule has 0 aromatic heterocycles. The fourth-order valence-electron chi connectivity index (χ4n) is 1.11. The van der Waals surface area contributed by atoms with Crippen LogP contribution >= 0.6 is 48.9 Å². The third-order valence-corrected chi connectivity index (χ3v) is 4.13. The van der Waals surface area contributed by atoms with E-state index in [1.54, 1.807) is 0 Å². The third kappa shape index (κ3) is 82.0. The normalized spacial score (nSPS) is 8.79. The van der Waals surface area contributed by atoms with Gasteiger partial charge in [-0.2, -0.15) is 25.9 Å². The molecule has 0 aromatic rings. The summed E-state index contributed by atoms with van der Waals surface area (Å²) in [6.45, 7) is 0. The number of hydrogen-bond donors (Lipinski definition) is 2. The van der Waals surface area contributed by atoms with Crippen LogP contribution in [0.15, 0.2) is 0 Å². The molecule has 0 bridgehead atoms. The van der Waals surface area contributed by atoms with E-state index < -0.39 is 0 Å². The van der Waals surface area contributed by atoms with Crippen molar-refractivity contribution in [3.8, 4) is 6.07 Å². The Kier molecular flexibility index (Phi) is 104. The van der Waals surface area contributed by atoms with Crippen LogP contribution in [0.3, 0.4) is 0 Å². The summed E-state index contributed by atoms with van der Waals surface area (Å²) in [5.74, 6) is 3.99. The molecule has 0 amide bonds. The van der Waals surface area contributed by atoms with Crippen LogP contribution in [0, 0.1) is 11.3 Å². The maximum Gasteiger partial charge on any atom is 3.00 e. The van der Waals surface area contributed by atoms with Crippen molar-refractivity contribution in [3.05, 3.63) is 21.6 Å². The number of hydrogen-bond acceptors (Lipinski definition) is 7. The first-order valence-corrected chi connectivity index (χ1v) is 8.52. The summed E-state index contributed by atoms with van der Waals surface area (Å²) in [4.78, 5) is 0. The second-order valence-corrected chi connectivity index (χ2v) is 5.88. The summed E-state index contributed by atoms with van der Waals surface area (Å²) >= 11 is 14.8. The van der Waals surface area contributed by atoms with Gasteiger partial charge in [-0.1, -0.05) is 48.9 Å². The number of nitriles is 1. The minimum absolute atomic E-state index is 0. The molecular formula is C11H18CrN7S5. The number of isothiocyanates is 4. The van der Waals surface area contributed by atoms with Gasteiger partial charge in [0.05, 0.1) is 12.5 Å². The van der Waals surface area contributed by atoms with Crippen molar-refractivity contribution in [1.29, 1.82) is 5.26 Å². The molecule has 1 saturated heterocycles. The second-order valence-electron chi connectivity index (χ2n) is 2.71. The molecule has 0 atom stereocenters. The Hall–Kier alpha value is -0.508. The molecule has 0 unspecified atom stereocenters. The van der Waals surface area contributed by atoms with Crippen molar-refractivity contribution in [2.45, 2.75) is 19.3 Å². The topological polar surface area (TPSA) is 183 Å². The van der Waals surface area contributed by atoms with Crippen molar-refractivity contribution in [1.82, 2.24) is 12.3 Å². The van der Waals surface area contributed by atoms with Crippen molar-refractivity contribution >= 4 is 80.4 Å².